The number of thioether (sulfide) groups is 1. The van der Waals surface area contributed by atoms with E-state index < -0.39 is 5.51 Å². The van der Waals surface area contributed by atoms with Crippen molar-refractivity contribution in [2.45, 2.75) is 37.7 Å². The third-order valence-electron chi connectivity index (χ3n) is 2.85. The van der Waals surface area contributed by atoms with Crippen LogP contribution in [-0.4, -0.2) is 48.4 Å². The molecule has 1 fully saturated rings. The lowest BCUT2D eigenvalue weighted by Gasteiger charge is -2.25. The van der Waals surface area contributed by atoms with Crippen LogP contribution in [0.4, 0.5) is 13.2 Å². The molecule has 1 aliphatic rings. The van der Waals surface area contributed by atoms with Gasteiger partial charge in [-0.15, -0.1) is 0 Å². The van der Waals surface area contributed by atoms with E-state index in [4.69, 9.17) is 0 Å². The first-order chi connectivity index (χ1) is 8.01. The summed E-state index contributed by atoms with van der Waals surface area (Å²) in [5.41, 5.74) is -4.09. The molecule has 2 nitrogen and oxygen atoms in total. The average Bonchev–Trinajstić information content (AvgIpc) is 2.68. The SMILES string of the molecule is CCCN(CCSC(F)(F)F)CC1CCCN1. The van der Waals surface area contributed by atoms with Crippen LogP contribution in [-0.2, 0) is 0 Å². The lowest BCUT2D eigenvalue weighted by molar-refractivity contribution is -0.0328. The van der Waals surface area contributed by atoms with Crippen LogP contribution < -0.4 is 5.32 Å². The quantitative estimate of drug-likeness (QED) is 0.766. The van der Waals surface area contributed by atoms with E-state index in [0.29, 0.717) is 12.6 Å². The summed E-state index contributed by atoms with van der Waals surface area (Å²) in [6, 6.07) is 0.470. The average molecular weight is 270 g/mol. The Kier molecular flexibility index (Phi) is 6.66. The largest absolute Gasteiger partial charge is 0.441 e. The van der Waals surface area contributed by atoms with Gasteiger partial charge in [-0.1, -0.05) is 6.92 Å². The molecule has 0 aromatic heterocycles. The fourth-order valence-corrected chi connectivity index (χ4v) is 2.71. The van der Waals surface area contributed by atoms with E-state index in [0.717, 1.165) is 32.5 Å². The van der Waals surface area contributed by atoms with Crippen molar-refractivity contribution in [3.8, 4) is 0 Å². The van der Waals surface area contributed by atoms with Crippen molar-refractivity contribution in [3.05, 3.63) is 0 Å². The summed E-state index contributed by atoms with van der Waals surface area (Å²) in [6.45, 7) is 5.40. The molecule has 1 rings (SSSR count). The normalized spacial score (nSPS) is 21.4. The number of rotatable bonds is 7. The van der Waals surface area contributed by atoms with Gasteiger partial charge in [0.15, 0.2) is 0 Å². The lowest BCUT2D eigenvalue weighted by Crippen LogP contribution is -2.39. The van der Waals surface area contributed by atoms with E-state index >= 15 is 0 Å². The highest BCUT2D eigenvalue weighted by atomic mass is 32.2. The number of hydrogen-bond donors (Lipinski definition) is 1. The topological polar surface area (TPSA) is 15.3 Å². The summed E-state index contributed by atoms with van der Waals surface area (Å²) in [6.07, 6.45) is 3.32. The molecule has 1 heterocycles. The standard InChI is InChI=1S/C11H21F3N2S/c1-2-6-16(7-8-17-11(12,13)14)9-10-4-3-5-15-10/h10,15H,2-9H2,1H3. The molecule has 6 heteroatoms. The van der Waals surface area contributed by atoms with Crippen molar-refractivity contribution in [2.24, 2.45) is 0 Å². The minimum absolute atomic E-state index is 0.0836. The first kappa shape index (κ1) is 15.1. The Bertz CT molecular complexity index is 205. The Balaban J connectivity index is 2.22. The molecule has 0 aliphatic carbocycles. The third kappa shape index (κ3) is 7.16. The van der Waals surface area contributed by atoms with Crippen LogP contribution in [0.2, 0.25) is 0 Å². The zero-order valence-corrected chi connectivity index (χ0v) is 11.0. The van der Waals surface area contributed by atoms with E-state index in [9.17, 15) is 13.2 Å². The fraction of sp³-hybridized carbons (Fsp3) is 1.00. The summed E-state index contributed by atoms with van der Waals surface area (Å²) in [7, 11) is 0. The van der Waals surface area contributed by atoms with Crippen molar-refractivity contribution >= 4 is 11.8 Å². The van der Waals surface area contributed by atoms with Crippen LogP contribution in [0.25, 0.3) is 0 Å². The second-order valence-corrected chi connectivity index (χ2v) is 5.55. The van der Waals surface area contributed by atoms with Crippen molar-refractivity contribution < 1.29 is 13.2 Å². The van der Waals surface area contributed by atoms with Gasteiger partial charge in [-0.3, -0.25) is 0 Å². The zero-order valence-electron chi connectivity index (χ0n) is 10.2. The summed E-state index contributed by atoms with van der Waals surface area (Å²) < 4.78 is 36.1. The molecule has 0 aromatic rings. The maximum Gasteiger partial charge on any atom is 0.441 e. The van der Waals surface area contributed by atoms with E-state index in [1.807, 2.05) is 0 Å². The van der Waals surface area contributed by atoms with Crippen LogP contribution in [0.3, 0.4) is 0 Å². The molecule has 1 atom stereocenters. The predicted molar refractivity (Wildman–Crippen MR) is 66.3 cm³/mol. The van der Waals surface area contributed by atoms with Crippen LogP contribution >= 0.6 is 11.8 Å². The van der Waals surface area contributed by atoms with Crippen molar-refractivity contribution in [2.75, 3.05) is 31.9 Å². The van der Waals surface area contributed by atoms with Gasteiger partial charge in [0.05, 0.1) is 0 Å². The highest BCUT2D eigenvalue weighted by Crippen LogP contribution is 2.29. The molecular formula is C11H21F3N2S. The molecule has 0 aromatic carbocycles. The van der Waals surface area contributed by atoms with Crippen LogP contribution in [0.5, 0.6) is 0 Å². The van der Waals surface area contributed by atoms with E-state index in [2.05, 4.69) is 17.1 Å². The highest BCUT2D eigenvalue weighted by Gasteiger charge is 2.28. The lowest BCUT2D eigenvalue weighted by atomic mass is 10.2. The van der Waals surface area contributed by atoms with E-state index in [1.54, 1.807) is 0 Å². The van der Waals surface area contributed by atoms with Crippen LogP contribution in [0, 0.1) is 0 Å². The maximum absolute atomic E-state index is 12.0. The summed E-state index contributed by atoms with van der Waals surface area (Å²) in [5, 5.41) is 3.38. The van der Waals surface area contributed by atoms with E-state index in [1.165, 1.54) is 6.42 Å². The minimum atomic E-state index is -4.09. The molecule has 1 saturated heterocycles. The molecule has 0 bridgehead atoms. The molecule has 17 heavy (non-hydrogen) atoms. The van der Waals surface area contributed by atoms with Crippen molar-refractivity contribution in [3.63, 3.8) is 0 Å². The monoisotopic (exact) mass is 270 g/mol. The third-order valence-corrected chi connectivity index (χ3v) is 3.57. The molecule has 1 N–H and O–H groups in total. The minimum Gasteiger partial charge on any atom is -0.313 e. The first-order valence-electron chi connectivity index (χ1n) is 6.17. The molecule has 0 saturated carbocycles. The smallest absolute Gasteiger partial charge is 0.313 e. The van der Waals surface area contributed by atoms with Gasteiger partial charge in [0, 0.05) is 24.9 Å². The van der Waals surface area contributed by atoms with Gasteiger partial charge in [-0.25, -0.2) is 0 Å². The number of hydrogen-bond acceptors (Lipinski definition) is 3. The van der Waals surface area contributed by atoms with Gasteiger partial charge >= 0.3 is 5.51 Å². The molecule has 0 spiro atoms. The summed E-state index contributed by atoms with van der Waals surface area (Å²) in [5.74, 6) is 0.135. The van der Waals surface area contributed by atoms with Crippen LogP contribution in [0.15, 0.2) is 0 Å². The molecule has 1 unspecified atom stereocenters. The maximum atomic E-state index is 12.0. The molecule has 0 radical (unpaired) electrons. The Labute approximate surface area is 105 Å². The van der Waals surface area contributed by atoms with Gasteiger partial charge in [0.25, 0.3) is 0 Å². The number of alkyl halides is 3. The number of nitrogens with zero attached hydrogens (tertiary/aromatic N) is 1. The molecule has 1 aliphatic heterocycles. The van der Waals surface area contributed by atoms with Crippen LogP contribution in [0.1, 0.15) is 26.2 Å². The van der Waals surface area contributed by atoms with Gasteiger partial charge < -0.3 is 10.2 Å². The van der Waals surface area contributed by atoms with Gasteiger partial charge in [0.1, 0.15) is 0 Å². The Morgan fingerprint density at radius 3 is 2.65 bits per heavy atom. The van der Waals surface area contributed by atoms with Crippen molar-refractivity contribution in [1.29, 1.82) is 0 Å². The Hall–Kier alpha value is 0.0600. The second kappa shape index (κ2) is 7.48. The molecular weight excluding hydrogens is 249 g/mol. The van der Waals surface area contributed by atoms with Gasteiger partial charge in [0.2, 0.25) is 0 Å². The van der Waals surface area contributed by atoms with Gasteiger partial charge in [-0.05, 0) is 44.1 Å². The van der Waals surface area contributed by atoms with Gasteiger partial charge in [-0.2, -0.15) is 13.2 Å². The van der Waals surface area contributed by atoms with E-state index in [-0.39, 0.29) is 17.5 Å². The zero-order chi connectivity index (χ0) is 12.7. The Morgan fingerprint density at radius 2 is 2.12 bits per heavy atom. The summed E-state index contributed by atoms with van der Waals surface area (Å²) >= 11 is 0.0836. The predicted octanol–water partition coefficient (Wildman–Crippen LogP) is 2.70. The molecule has 102 valence electrons. The fourth-order valence-electron chi connectivity index (χ4n) is 2.13. The second-order valence-electron chi connectivity index (χ2n) is 4.39. The summed E-state index contributed by atoms with van der Waals surface area (Å²) in [4.78, 5) is 2.14. The highest BCUT2D eigenvalue weighted by molar-refractivity contribution is 8.00. The number of nitrogens with one attached hydrogen (secondary N) is 1. The number of halogens is 3. The Morgan fingerprint density at radius 1 is 1.35 bits per heavy atom. The first-order valence-corrected chi connectivity index (χ1v) is 7.16. The molecule has 0 amide bonds. The van der Waals surface area contributed by atoms with Crippen molar-refractivity contribution in [1.82, 2.24) is 10.2 Å².